The van der Waals surface area contributed by atoms with E-state index in [1.165, 1.54) is 6.20 Å². The van der Waals surface area contributed by atoms with Gasteiger partial charge in [0.1, 0.15) is 6.33 Å². The number of nitrogens with zero attached hydrogens (tertiary/aromatic N) is 4. The van der Waals surface area contributed by atoms with Crippen molar-refractivity contribution in [3.8, 4) is 0 Å². The number of anilines is 1. The summed E-state index contributed by atoms with van der Waals surface area (Å²) in [5.74, 6) is 0.463. The third kappa shape index (κ3) is 5.94. The van der Waals surface area contributed by atoms with E-state index in [0.717, 1.165) is 21.8 Å². The number of hydrogen-bond donors (Lipinski definition) is 2. The van der Waals surface area contributed by atoms with Crippen LogP contribution in [0.2, 0.25) is 0 Å². The molecule has 1 aliphatic heterocycles. The second kappa shape index (κ2) is 11.9. The summed E-state index contributed by atoms with van der Waals surface area (Å²) in [5, 5.41) is 21.4. The summed E-state index contributed by atoms with van der Waals surface area (Å²) in [7, 11) is 1.91. The Kier molecular flexibility index (Phi) is 8.14. The second-order valence-corrected chi connectivity index (χ2v) is 10.2. The largest absolute Gasteiger partial charge is 0.392 e. The SMILES string of the molecule is C[C@@H]1[C@H](CSc2nncn2C)O[C@H](c2cccc(NC(=O)c3cccnc3)c2)O[C@@H]1c1ccc(CO)cc1. The molecular formula is C28H29N5O4S. The van der Waals surface area contributed by atoms with E-state index in [1.807, 2.05) is 60.1 Å². The average molecular weight is 532 g/mol. The molecule has 0 aliphatic carbocycles. The van der Waals surface area contributed by atoms with Crippen LogP contribution in [0.5, 0.6) is 0 Å². The lowest BCUT2D eigenvalue weighted by atomic mass is 9.91. The molecule has 1 saturated heterocycles. The molecule has 5 rings (SSSR count). The van der Waals surface area contributed by atoms with Crippen molar-refractivity contribution in [2.24, 2.45) is 13.0 Å². The van der Waals surface area contributed by atoms with E-state index in [1.54, 1.807) is 36.4 Å². The fraction of sp³-hybridized carbons (Fsp3) is 0.286. The highest BCUT2D eigenvalue weighted by molar-refractivity contribution is 7.99. The third-order valence-electron chi connectivity index (χ3n) is 6.51. The minimum absolute atomic E-state index is 0.0123. The zero-order valence-electron chi connectivity index (χ0n) is 21.1. The number of thioether (sulfide) groups is 1. The average Bonchev–Trinajstić information content (AvgIpc) is 3.37. The van der Waals surface area contributed by atoms with Crippen LogP contribution in [0.3, 0.4) is 0 Å². The lowest BCUT2D eigenvalue weighted by Gasteiger charge is -2.41. The van der Waals surface area contributed by atoms with Gasteiger partial charge in [0.05, 0.1) is 24.4 Å². The Morgan fingerprint density at radius 1 is 1.11 bits per heavy atom. The number of hydrogen-bond acceptors (Lipinski definition) is 8. The smallest absolute Gasteiger partial charge is 0.257 e. The van der Waals surface area contributed by atoms with E-state index in [2.05, 4.69) is 27.4 Å². The minimum atomic E-state index is -0.644. The summed E-state index contributed by atoms with van der Waals surface area (Å²) in [5.41, 5.74) is 3.76. The van der Waals surface area contributed by atoms with E-state index in [-0.39, 0.29) is 30.6 Å². The normalized spacial score (nSPS) is 21.2. The van der Waals surface area contributed by atoms with Crippen LogP contribution in [0.1, 0.15) is 46.4 Å². The molecule has 1 aliphatic rings. The Morgan fingerprint density at radius 2 is 1.95 bits per heavy atom. The molecule has 0 radical (unpaired) electrons. The highest BCUT2D eigenvalue weighted by Crippen LogP contribution is 2.43. The van der Waals surface area contributed by atoms with Gasteiger partial charge in [-0.15, -0.1) is 10.2 Å². The maximum absolute atomic E-state index is 12.7. The van der Waals surface area contributed by atoms with Crippen molar-refractivity contribution in [3.05, 3.63) is 102 Å². The summed E-state index contributed by atoms with van der Waals surface area (Å²) >= 11 is 1.59. The first-order valence-corrected chi connectivity index (χ1v) is 13.3. The summed E-state index contributed by atoms with van der Waals surface area (Å²) in [6, 6.07) is 18.7. The third-order valence-corrected chi connectivity index (χ3v) is 7.63. The van der Waals surface area contributed by atoms with Gasteiger partial charge in [-0.05, 0) is 35.4 Å². The molecule has 3 heterocycles. The van der Waals surface area contributed by atoms with E-state index in [0.29, 0.717) is 17.0 Å². The zero-order chi connectivity index (χ0) is 26.5. The number of nitrogens with one attached hydrogen (secondary N) is 1. The first-order chi connectivity index (χ1) is 18.5. The Balaban J connectivity index is 1.39. The van der Waals surface area contributed by atoms with E-state index >= 15 is 0 Å². The Labute approximate surface area is 225 Å². The lowest BCUT2D eigenvalue weighted by molar-refractivity contribution is -0.268. The monoisotopic (exact) mass is 531 g/mol. The molecule has 4 aromatic rings. The van der Waals surface area contributed by atoms with Crippen molar-refractivity contribution >= 4 is 23.4 Å². The number of carbonyl (C=O) groups is 1. The van der Waals surface area contributed by atoms with Crippen LogP contribution >= 0.6 is 11.8 Å². The molecule has 38 heavy (non-hydrogen) atoms. The summed E-state index contributed by atoms with van der Waals surface area (Å²) < 4.78 is 14.9. The first-order valence-electron chi connectivity index (χ1n) is 12.3. The molecule has 2 aromatic carbocycles. The van der Waals surface area contributed by atoms with Crippen LogP contribution in [0.4, 0.5) is 5.69 Å². The van der Waals surface area contributed by atoms with Gasteiger partial charge >= 0.3 is 0 Å². The van der Waals surface area contributed by atoms with Crippen molar-refractivity contribution in [1.29, 1.82) is 0 Å². The maximum Gasteiger partial charge on any atom is 0.257 e. The van der Waals surface area contributed by atoms with Crippen molar-refractivity contribution in [2.45, 2.75) is 37.2 Å². The van der Waals surface area contributed by atoms with Gasteiger partial charge in [-0.3, -0.25) is 9.78 Å². The fourth-order valence-corrected chi connectivity index (χ4v) is 5.38. The lowest BCUT2D eigenvalue weighted by Crippen LogP contribution is -2.38. The zero-order valence-corrected chi connectivity index (χ0v) is 21.9. The Morgan fingerprint density at radius 3 is 2.66 bits per heavy atom. The number of aliphatic hydroxyl groups is 1. The molecule has 196 valence electrons. The number of amides is 1. The molecule has 4 atom stereocenters. The molecule has 0 spiro atoms. The molecule has 0 bridgehead atoms. The van der Waals surface area contributed by atoms with Crippen LogP contribution in [0.15, 0.2) is 84.5 Å². The van der Waals surface area contributed by atoms with Gasteiger partial charge in [0.25, 0.3) is 5.91 Å². The van der Waals surface area contributed by atoms with Crippen LogP contribution < -0.4 is 5.32 Å². The van der Waals surface area contributed by atoms with Crippen molar-refractivity contribution < 1.29 is 19.4 Å². The topological polar surface area (TPSA) is 111 Å². The molecule has 1 amide bonds. The van der Waals surface area contributed by atoms with Gasteiger partial charge in [-0.1, -0.05) is 55.1 Å². The molecule has 0 unspecified atom stereocenters. The highest BCUT2D eigenvalue weighted by Gasteiger charge is 2.38. The molecule has 2 N–H and O–H groups in total. The van der Waals surface area contributed by atoms with Crippen molar-refractivity contribution in [2.75, 3.05) is 11.1 Å². The number of aliphatic hydroxyl groups excluding tert-OH is 1. The Bertz CT molecular complexity index is 1370. The summed E-state index contributed by atoms with van der Waals surface area (Å²) in [4.78, 5) is 16.7. The number of aryl methyl sites for hydroxylation is 1. The minimum Gasteiger partial charge on any atom is -0.392 e. The second-order valence-electron chi connectivity index (χ2n) is 9.18. The van der Waals surface area contributed by atoms with E-state index < -0.39 is 6.29 Å². The summed E-state index contributed by atoms with van der Waals surface area (Å²) in [6.45, 7) is 2.11. The van der Waals surface area contributed by atoms with Crippen LogP contribution in [0.25, 0.3) is 0 Å². The Hall–Kier alpha value is -3.57. The number of carbonyl (C=O) groups excluding carboxylic acids is 1. The standard InChI is InChI=1S/C28H29N5O4S/c1-18-24(16-38-28-32-30-17-33(28)2)36-27(37-25(18)20-10-8-19(15-34)9-11-20)21-5-3-7-23(13-21)31-26(35)22-6-4-12-29-14-22/h3-14,17-18,24-25,27,34H,15-16H2,1-2H3,(H,31,35)/t18-,24+,25+,27+/m1/s1. The van der Waals surface area contributed by atoms with Crippen LogP contribution in [-0.4, -0.2) is 42.6 Å². The molecule has 2 aromatic heterocycles. The van der Waals surface area contributed by atoms with Crippen molar-refractivity contribution in [3.63, 3.8) is 0 Å². The number of pyridine rings is 1. The van der Waals surface area contributed by atoms with E-state index in [9.17, 15) is 9.90 Å². The van der Waals surface area contributed by atoms with Gasteiger partial charge in [-0.25, -0.2) is 0 Å². The highest BCUT2D eigenvalue weighted by atomic mass is 32.2. The van der Waals surface area contributed by atoms with E-state index in [4.69, 9.17) is 9.47 Å². The van der Waals surface area contributed by atoms with Gasteiger partial charge < -0.3 is 24.5 Å². The van der Waals surface area contributed by atoms with Crippen LogP contribution in [-0.2, 0) is 23.1 Å². The van der Waals surface area contributed by atoms with Crippen molar-refractivity contribution in [1.82, 2.24) is 19.7 Å². The summed E-state index contributed by atoms with van der Waals surface area (Å²) in [6.07, 6.45) is 3.81. The molecule has 10 heteroatoms. The predicted octanol–water partition coefficient (Wildman–Crippen LogP) is 4.54. The fourth-order valence-electron chi connectivity index (χ4n) is 4.33. The molecule has 1 fully saturated rings. The molecule has 9 nitrogen and oxygen atoms in total. The molecular weight excluding hydrogens is 502 g/mol. The number of rotatable bonds is 8. The van der Waals surface area contributed by atoms with Gasteiger partial charge in [-0.2, -0.15) is 0 Å². The predicted molar refractivity (Wildman–Crippen MR) is 143 cm³/mol. The quantitative estimate of drug-likeness (QED) is 0.319. The van der Waals surface area contributed by atoms with Crippen LogP contribution in [0, 0.1) is 5.92 Å². The number of ether oxygens (including phenoxy) is 2. The van der Waals surface area contributed by atoms with Gasteiger partial charge in [0.15, 0.2) is 11.4 Å². The number of aromatic nitrogens is 4. The van der Waals surface area contributed by atoms with Gasteiger partial charge in [0.2, 0.25) is 0 Å². The maximum atomic E-state index is 12.7. The number of benzene rings is 2. The first kappa shape index (κ1) is 26.1. The van der Waals surface area contributed by atoms with Gasteiger partial charge in [0, 0.05) is 42.4 Å². The molecule has 0 saturated carbocycles.